The highest BCUT2D eigenvalue weighted by molar-refractivity contribution is 9.10. The molecule has 0 aliphatic rings. The van der Waals surface area contributed by atoms with Crippen molar-refractivity contribution in [3.05, 3.63) is 34.4 Å². The minimum absolute atomic E-state index is 0.167. The van der Waals surface area contributed by atoms with E-state index in [1.54, 1.807) is 7.05 Å². The molecule has 1 aromatic carbocycles. The molecule has 2 rings (SSSR count). The number of nitrogen functional groups attached to an aromatic ring is 1. The quantitative estimate of drug-likeness (QED) is 0.820. The summed E-state index contributed by atoms with van der Waals surface area (Å²) in [6.07, 6.45) is 1.34. The maximum atomic E-state index is 13.8. The van der Waals surface area contributed by atoms with Crippen LogP contribution in [0.2, 0.25) is 0 Å². The Morgan fingerprint density at radius 3 is 2.62 bits per heavy atom. The van der Waals surface area contributed by atoms with Crippen LogP contribution in [0.3, 0.4) is 0 Å². The predicted molar refractivity (Wildman–Crippen MR) is 60.7 cm³/mol. The minimum Gasteiger partial charge on any atom is -0.383 e. The first-order valence-electron chi connectivity index (χ1n) is 4.43. The Morgan fingerprint density at radius 1 is 1.38 bits per heavy atom. The van der Waals surface area contributed by atoms with E-state index in [-0.39, 0.29) is 21.4 Å². The molecule has 0 saturated heterocycles. The zero-order chi connectivity index (χ0) is 11.9. The molecular weight excluding hydrogens is 280 g/mol. The van der Waals surface area contributed by atoms with Crippen LogP contribution in [0.15, 0.2) is 22.8 Å². The number of nitrogens with zero attached hydrogens (tertiary/aromatic N) is 2. The van der Waals surface area contributed by atoms with Gasteiger partial charge in [-0.25, -0.2) is 8.78 Å². The lowest BCUT2D eigenvalue weighted by Gasteiger charge is -2.05. The van der Waals surface area contributed by atoms with Gasteiger partial charge in [-0.2, -0.15) is 5.10 Å². The third-order valence-electron chi connectivity index (χ3n) is 2.30. The molecule has 0 fully saturated rings. The highest BCUT2D eigenvalue weighted by Crippen LogP contribution is 2.33. The van der Waals surface area contributed by atoms with Crippen molar-refractivity contribution in [2.24, 2.45) is 7.05 Å². The molecule has 84 valence electrons. The van der Waals surface area contributed by atoms with Gasteiger partial charge in [-0.1, -0.05) is 0 Å². The van der Waals surface area contributed by atoms with Gasteiger partial charge < -0.3 is 5.73 Å². The number of nitrogens with two attached hydrogens (primary N) is 1. The predicted octanol–water partition coefficient (Wildman–Crippen LogP) is 2.71. The molecule has 0 aliphatic carbocycles. The molecule has 3 nitrogen and oxygen atoms in total. The number of aryl methyl sites for hydroxylation is 1. The first-order chi connectivity index (χ1) is 7.52. The fourth-order valence-electron chi connectivity index (χ4n) is 1.41. The third-order valence-corrected chi connectivity index (χ3v) is 2.91. The molecular formula is C10H8BrF2N3. The second kappa shape index (κ2) is 3.86. The zero-order valence-corrected chi connectivity index (χ0v) is 9.92. The molecule has 1 heterocycles. The van der Waals surface area contributed by atoms with E-state index >= 15 is 0 Å². The van der Waals surface area contributed by atoms with E-state index in [4.69, 9.17) is 5.73 Å². The highest BCUT2D eigenvalue weighted by atomic mass is 79.9. The largest absolute Gasteiger partial charge is 0.383 e. The molecule has 0 spiro atoms. The monoisotopic (exact) mass is 287 g/mol. The zero-order valence-electron chi connectivity index (χ0n) is 8.34. The molecule has 0 amide bonds. The Hall–Kier alpha value is -1.43. The lowest BCUT2D eigenvalue weighted by molar-refractivity contribution is 0.585. The summed E-state index contributed by atoms with van der Waals surface area (Å²) in [6.45, 7) is 0. The van der Waals surface area contributed by atoms with Gasteiger partial charge in [0.15, 0.2) is 0 Å². The van der Waals surface area contributed by atoms with Gasteiger partial charge in [-0.3, -0.25) is 4.68 Å². The second-order valence-electron chi connectivity index (χ2n) is 3.29. The average Bonchev–Trinajstić information content (AvgIpc) is 2.56. The van der Waals surface area contributed by atoms with Gasteiger partial charge in [0.05, 0.1) is 16.2 Å². The number of anilines is 1. The fraction of sp³-hybridized carbons (Fsp3) is 0.100. The summed E-state index contributed by atoms with van der Waals surface area (Å²) in [5.74, 6) is -1.13. The van der Waals surface area contributed by atoms with E-state index in [1.807, 2.05) is 0 Å². The Labute approximate surface area is 99.0 Å². The maximum absolute atomic E-state index is 13.8. The highest BCUT2D eigenvalue weighted by Gasteiger charge is 2.18. The number of hydrogen-bond donors (Lipinski definition) is 1. The lowest BCUT2D eigenvalue weighted by Crippen LogP contribution is -1.99. The summed E-state index contributed by atoms with van der Waals surface area (Å²) in [4.78, 5) is 0. The number of aromatic nitrogens is 2. The molecule has 0 aliphatic heterocycles. The standard InChI is InChI=1S/C10H8BrF2N3/c1-16-10(14)5(4-15-16)8-7(12)3-2-6(11)9(8)13/h2-4H,14H2,1H3. The van der Waals surface area contributed by atoms with E-state index in [9.17, 15) is 8.78 Å². The molecule has 0 atom stereocenters. The van der Waals surface area contributed by atoms with E-state index in [0.29, 0.717) is 0 Å². The SMILES string of the molecule is Cn1ncc(-c2c(F)ccc(Br)c2F)c1N. The van der Waals surface area contributed by atoms with Gasteiger partial charge in [0, 0.05) is 12.6 Å². The summed E-state index contributed by atoms with van der Waals surface area (Å²) < 4.78 is 28.9. The van der Waals surface area contributed by atoms with Crippen LogP contribution >= 0.6 is 15.9 Å². The molecule has 0 saturated carbocycles. The second-order valence-corrected chi connectivity index (χ2v) is 4.14. The Balaban J connectivity index is 2.73. The summed E-state index contributed by atoms with van der Waals surface area (Å²) in [5.41, 5.74) is 5.76. The van der Waals surface area contributed by atoms with Crippen LogP contribution < -0.4 is 5.73 Å². The lowest BCUT2D eigenvalue weighted by atomic mass is 10.1. The van der Waals surface area contributed by atoms with E-state index in [1.165, 1.54) is 23.0 Å². The topological polar surface area (TPSA) is 43.8 Å². The molecule has 0 unspecified atom stereocenters. The van der Waals surface area contributed by atoms with Crippen molar-refractivity contribution in [2.45, 2.75) is 0 Å². The van der Waals surface area contributed by atoms with Crippen LogP contribution in [0.25, 0.3) is 11.1 Å². The van der Waals surface area contributed by atoms with Gasteiger partial charge in [-0.15, -0.1) is 0 Å². The summed E-state index contributed by atoms with van der Waals surface area (Å²) in [7, 11) is 1.60. The first kappa shape index (κ1) is 11.1. The summed E-state index contributed by atoms with van der Waals surface area (Å²) >= 11 is 3.00. The molecule has 2 N–H and O–H groups in total. The molecule has 0 bridgehead atoms. The van der Waals surface area contributed by atoms with E-state index in [2.05, 4.69) is 21.0 Å². The van der Waals surface area contributed by atoms with Gasteiger partial charge in [-0.05, 0) is 28.1 Å². The number of hydrogen-bond acceptors (Lipinski definition) is 2. The Morgan fingerprint density at radius 2 is 2.06 bits per heavy atom. The van der Waals surface area contributed by atoms with Crippen LogP contribution in [0.5, 0.6) is 0 Å². The van der Waals surface area contributed by atoms with Crippen molar-refractivity contribution in [3.8, 4) is 11.1 Å². The number of benzene rings is 1. The van der Waals surface area contributed by atoms with Crippen LogP contribution in [0, 0.1) is 11.6 Å². The summed E-state index contributed by atoms with van der Waals surface area (Å²) in [5, 5.41) is 3.85. The van der Waals surface area contributed by atoms with Crippen molar-refractivity contribution in [2.75, 3.05) is 5.73 Å². The van der Waals surface area contributed by atoms with Crippen LogP contribution in [0.4, 0.5) is 14.6 Å². The van der Waals surface area contributed by atoms with Gasteiger partial charge in [0.2, 0.25) is 0 Å². The van der Waals surface area contributed by atoms with Crippen molar-refractivity contribution < 1.29 is 8.78 Å². The van der Waals surface area contributed by atoms with Crippen molar-refractivity contribution in [1.29, 1.82) is 0 Å². The number of rotatable bonds is 1. The van der Waals surface area contributed by atoms with Crippen LogP contribution in [0.1, 0.15) is 0 Å². The normalized spacial score (nSPS) is 10.8. The van der Waals surface area contributed by atoms with E-state index in [0.717, 1.165) is 0 Å². The maximum Gasteiger partial charge on any atom is 0.148 e. The molecule has 1 aromatic heterocycles. The molecule has 6 heteroatoms. The smallest absolute Gasteiger partial charge is 0.148 e. The van der Waals surface area contributed by atoms with E-state index < -0.39 is 11.6 Å². The average molecular weight is 288 g/mol. The number of halogens is 3. The Kier molecular flexibility index (Phi) is 2.67. The van der Waals surface area contributed by atoms with Gasteiger partial charge in [0.25, 0.3) is 0 Å². The third kappa shape index (κ3) is 1.59. The van der Waals surface area contributed by atoms with Crippen molar-refractivity contribution in [1.82, 2.24) is 9.78 Å². The summed E-state index contributed by atoms with van der Waals surface area (Å²) in [6, 6.07) is 2.48. The molecule has 0 radical (unpaired) electrons. The van der Waals surface area contributed by atoms with Crippen molar-refractivity contribution >= 4 is 21.7 Å². The van der Waals surface area contributed by atoms with Crippen LogP contribution in [-0.4, -0.2) is 9.78 Å². The minimum atomic E-state index is -0.681. The first-order valence-corrected chi connectivity index (χ1v) is 5.23. The van der Waals surface area contributed by atoms with Crippen LogP contribution in [-0.2, 0) is 7.05 Å². The van der Waals surface area contributed by atoms with Gasteiger partial charge in [0.1, 0.15) is 17.5 Å². The Bertz CT molecular complexity index is 551. The fourth-order valence-corrected chi connectivity index (χ4v) is 1.74. The molecule has 2 aromatic rings. The van der Waals surface area contributed by atoms with Gasteiger partial charge >= 0.3 is 0 Å². The molecule has 16 heavy (non-hydrogen) atoms. The van der Waals surface area contributed by atoms with Crippen molar-refractivity contribution in [3.63, 3.8) is 0 Å².